The van der Waals surface area contributed by atoms with Crippen LogP contribution in [-0.2, 0) is 6.54 Å². The molecule has 0 atom stereocenters. The van der Waals surface area contributed by atoms with Gasteiger partial charge in [0.1, 0.15) is 11.3 Å². The molecule has 0 aliphatic rings. The Morgan fingerprint density at radius 2 is 1.93 bits per heavy atom. The van der Waals surface area contributed by atoms with Crippen LogP contribution in [0.4, 0.5) is 5.82 Å². The number of fused-ring (bicyclic) bond motifs is 1. The summed E-state index contributed by atoms with van der Waals surface area (Å²) in [5.74, 6) is 1.18. The van der Waals surface area contributed by atoms with Crippen LogP contribution in [0.25, 0.3) is 11.0 Å². The van der Waals surface area contributed by atoms with E-state index < -0.39 is 0 Å². The monoisotopic (exact) mass is 362 g/mol. The van der Waals surface area contributed by atoms with Crippen LogP contribution in [-0.4, -0.2) is 27.0 Å². The largest absolute Gasteiger partial charge is 0.382 e. The standard InChI is InChI=1S/C20H22N6O/c1-12-13(2)24-19(22)17-18(12)26(14(3)25-17)10-4-9-23-20(27)16-7-5-15(11-21)6-8-16/h5-8H,4,9-10H2,1-3H3,(H2,22,24)(H,23,27). The minimum absolute atomic E-state index is 0.146. The third-order valence-corrected chi connectivity index (χ3v) is 4.71. The Kier molecular flexibility index (Phi) is 5.08. The number of rotatable bonds is 5. The van der Waals surface area contributed by atoms with E-state index in [-0.39, 0.29) is 5.91 Å². The third kappa shape index (κ3) is 3.60. The highest BCUT2D eigenvalue weighted by molar-refractivity contribution is 5.94. The molecule has 3 aromatic rings. The first-order chi connectivity index (χ1) is 12.9. The number of nitriles is 1. The molecule has 0 radical (unpaired) electrons. The maximum absolute atomic E-state index is 12.2. The van der Waals surface area contributed by atoms with Crippen LogP contribution in [0.2, 0.25) is 0 Å². The Hall–Kier alpha value is -3.40. The van der Waals surface area contributed by atoms with Crippen LogP contribution in [0.15, 0.2) is 24.3 Å². The molecule has 0 aliphatic carbocycles. The number of imidazole rings is 1. The summed E-state index contributed by atoms with van der Waals surface area (Å²) in [6.07, 6.45) is 0.759. The molecule has 138 valence electrons. The molecule has 3 rings (SSSR count). The van der Waals surface area contributed by atoms with Crippen LogP contribution >= 0.6 is 0 Å². The first-order valence-corrected chi connectivity index (χ1v) is 8.80. The summed E-state index contributed by atoms with van der Waals surface area (Å²) in [7, 11) is 0. The number of nitrogens with two attached hydrogens (primary N) is 1. The van der Waals surface area contributed by atoms with Crippen molar-refractivity contribution < 1.29 is 4.79 Å². The number of benzene rings is 1. The zero-order chi connectivity index (χ0) is 19.6. The lowest BCUT2D eigenvalue weighted by Crippen LogP contribution is -2.25. The minimum Gasteiger partial charge on any atom is -0.382 e. The second kappa shape index (κ2) is 7.46. The summed E-state index contributed by atoms with van der Waals surface area (Å²) in [5, 5.41) is 11.7. The average Bonchev–Trinajstić information content (AvgIpc) is 3.00. The number of pyridine rings is 1. The second-order valence-electron chi connectivity index (χ2n) is 6.51. The molecule has 3 N–H and O–H groups in total. The number of hydrogen-bond donors (Lipinski definition) is 2. The van der Waals surface area contributed by atoms with Crippen molar-refractivity contribution in [2.75, 3.05) is 12.3 Å². The van der Waals surface area contributed by atoms with E-state index in [1.807, 2.05) is 26.8 Å². The van der Waals surface area contributed by atoms with Crippen LogP contribution in [0.5, 0.6) is 0 Å². The molecule has 0 bridgehead atoms. The van der Waals surface area contributed by atoms with Crippen molar-refractivity contribution in [2.45, 2.75) is 33.7 Å². The molecule has 2 heterocycles. The maximum Gasteiger partial charge on any atom is 0.251 e. The van der Waals surface area contributed by atoms with Gasteiger partial charge in [-0.25, -0.2) is 9.97 Å². The van der Waals surface area contributed by atoms with Gasteiger partial charge in [-0.05, 0) is 57.0 Å². The van der Waals surface area contributed by atoms with Crippen molar-refractivity contribution in [3.05, 3.63) is 52.5 Å². The Bertz CT molecular complexity index is 1040. The van der Waals surface area contributed by atoms with Crippen LogP contribution in [0.1, 0.15) is 39.4 Å². The summed E-state index contributed by atoms with van der Waals surface area (Å²) in [5.41, 5.74) is 10.8. The topological polar surface area (TPSA) is 110 Å². The van der Waals surface area contributed by atoms with E-state index in [4.69, 9.17) is 11.0 Å². The van der Waals surface area contributed by atoms with E-state index in [1.54, 1.807) is 24.3 Å². The second-order valence-corrected chi connectivity index (χ2v) is 6.51. The molecule has 0 spiro atoms. The Labute approximate surface area is 157 Å². The lowest BCUT2D eigenvalue weighted by atomic mass is 10.1. The maximum atomic E-state index is 12.2. The van der Waals surface area contributed by atoms with Crippen LogP contribution in [0, 0.1) is 32.1 Å². The van der Waals surface area contributed by atoms with Gasteiger partial charge in [0, 0.05) is 24.3 Å². The van der Waals surface area contributed by atoms with Gasteiger partial charge in [-0.2, -0.15) is 5.26 Å². The van der Waals surface area contributed by atoms with Crippen LogP contribution in [0.3, 0.4) is 0 Å². The molecule has 2 aromatic heterocycles. The SMILES string of the molecule is Cc1nc(N)c2nc(C)n(CCCNC(=O)c3ccc(C#N)cc3)c2c1C. The van der Waals surface area contributed by atoms with Crippen molar-refractivity contribution in [1.82, 2.24) is 19.9 Å². The van der Waals surface area contributed by atoms with Gasteiger partial charge in [0.15, 0.2) is 5.82 Å². The van der Waals surface area contributed by atoms with Gasteiger partial charge in [0.25, 0.3) is 5.91 Å². The highest BCUT2D eigenvalue weighted by atomic mass is 16.1. The number of aryl methyl sites for hydroxylation is 4. The summed E-state index contributed by atoms with van der Waals surface area (Å²) < 4.78 is 2.13. The normalized spacial score (nSPS) is 10.7. The van der Waals surface area contributed by atoms with E-state index in [2.05, 4.69) is 19.9 Å². The predicted octanol–water partition coefficient (Wildman–Crippen LogP) is 2.63. The molecule has 27 heavy (non-hydrogen) atoms. The lowest BCUT2D eigenvalue weighted by Gasteiger charge is -2.11. The molecule has 0 unspecified atom stereocenters. The van der Waals surface area contributed by atoms with Crippen molar-refractivity contribution in [3.63, 3.8) is 0 Å². The lowest BCUT2D eigenvalue weighted by molar-refractivity contribution is 0.0953. The van der Waals surface area contributed by atoms with Gasteiger partial charge >= 0.3 is 0 Å². The fraction of sp³-hybridized carbons (Fsp3) is 0.300. The Balaban J connectivity index is 1.66. The molecule has 0 saturated heterocycles. The van der Waals surface area contributed by atoms with Gasteiger partial charge in [-0.3, -0.25) is 4.79 Å². The minimum atomic E-state index is -0.146. The molecular formula is C20H22N6O. The van der Waals surface area contributed by atoms with Gasteiger partial charge in [0.2, 0.25) is 0 Å². The van der Waals surface area contributed by atoms with E-state index in [0.29, 0.717) is 23.5 Å². The van der Waals surface area contributed by atoms with Crippen LogP contribution < -0.4 is 11.1 Å². The number of carbonyl (C=O) groups is 1. The van der Waals surface area contributed by atoms with Crippen molar-refractivity contribution in [3.8, 4) is 6.07 Å². The fourth-order valence-corrected chi connectivity index (χ4v) is 3.12. The summed E-state index contributed by atoms with van der Waals surface area (Å²) in [4.78, 5) is 21.1. The highest BCUT2D eigenvalue weighted by Crippen LogP contribution is 2.25. The number of nitrogens with one attached hydrogen (secondary N) is 1. The van der Waals surface area contributed by atoms with E-state index in [1.165, 1.54) is 0 Å². The molecule has 7 nitrogen and oxygen atoms in total. The van der Waals surface area contributed by atoms with E-state index in [9.17, 15) is 4.79 Å². The van der Waals surface area contributed by atoms with Crippen molar-refractivity contribution >= 4 is 22.8 Å². The van der Waals surface area contributed by atoms with Crippen molar-refractivity contribution in [2.24, 2.45) is 0 Å². The van der Waals surface area contributed by atoms with Gasteiger partial charge < -0.3 is 15.6 Å². The molecular weight excluding hydrogens is 340 g/mol. The number of carbonyl (C=O) groups excluding carboxylic acids is 1. The molecule has 1 aromatic carbocycles. The summed E-state index contributed by atoms with van der Waals surface area (Å²) >= 11 is 0. The Morgan fingerprint density at radius 1 is 1.22 bits per heavy atom. The molecule has 0 aliphatic heterocycles. The summed E-state index contributed by atoms with van der Waals surface area (Å²) in [6.45, 7) is 7.17. The quantitative estimate of drug-likeness (QED) is 0.678. The number of hydrogen-bond acceptors (Lipinski definition) is 5. The summed E-state index contributed by atoms with van der Waals surface area (Å²) in [6, 6.07) is 8.63. The molecule has 7 heteroatoms. The van der Waals surface area contributed by atoms with E-state index >= 15 is 0 Å². The number of nitrogen functional groups attached to an aromatic ring is 1. The number of anilines is 1. The first kappa shape index (κ1) is 18.4. The predicted molar refractivity (Wildman–Crippen MR) is 104 cm³/mol. The zero-order valence-corrected chi connectivity index (χ0v) is 15.7. The number of aromatic nitrogens is 3. The first-order valence-electron chi connectivity index (χ1n) is 8.80. The smallest absolute Gasteiger partial charge is 0.251 e. The van der Waals surface area contributed by atoms with Gasteiger partial charge in [0.05, 0.1) is 17.1 Å². The number of nitrogens with zero attached hydrogens (tertiary/aromatic N) is 4. The molecule has 0 fully saturated rings. The number of amides is 1. The van der Waals surface area contributed by atoms with Gasteiger partial charge in [-0.1, -0.05) is 0 Å². The van der Waals surface area contributed by atoms with Crippen molar-refractivity contribution in [1.29, 1.82) is 5.26 Å². The zero-order valence-electron chi connectivity index (χ0n) is 15.7. The van der Waals surface area contributed by atoms with E-state index in [0.717, 1.165) is 41.1 Å². The highest BCUT2D eigenvalue weighted by Gasteiger charge is 2.15. The fourth-order valence-electron chi connectivity index (χ4n) is 3.12. The van der Waals surface area contributed by atoms with Gasteiger partial charge in [-0.15, -0.1) is 0 Å². The molecule has 0 saturated carbocycles. The average molecular weight is 362 g/mol. The molecule has 1 amide bonds. The Morgan fingerprint density at radius 3 is 2.59 bits per heavy atom. The third-order valence-electron chi connectivity index (χ3n) is 4.71.